The molecule has 19 heavy (non-hydrogen) atoms. The summed E-state index contributed by atoms with van der Waals surface area (Å²) in [7, 11) is 0. The van der Waals surface area contributed by atoms with E-state index in [1.807, 2.05) is 0 Å². The lowest BCUT2D eigenvalue weighted by Crippen LogP contribution is -2.34. The van der Waals surface area contributed by atoms with Crippen LogP contribution in [0.25, 0.3) is 0 Å². The van der Waals surface area contributed by atoms with Crippen molar-refractivity contribution in [3.05, 3.63) is 29.6 Å². The molecule has 1 aromatic rings. The molecule has 0 fully saturated rings. The van der Waals surface area contributed by atoms with Crippen molar-refractivity contribution in [1.82, 2.24) is 5.32 Å². The standard InChI is InChI=1S/C16H24FNO/c1-4-7-18-15-10-13(8-11(2)3)19-16-6-5-12(17)9-14(15)16/h5-6,9,11,13,15,18H,4,7-8,10H2,1-3H3. The maximum absolute atomic E-state index is 13.4. The molecule has 0 saturated carbocycles. The Hall–Kier alpha value is -1.09. The van der Waals surface area contributed by atoms with Crippen LogP contribution in [-0.2, 0) is 0 Å². The first-order valence-electron chi connectivity index (χ1n) is 7.29. The Balaban J connectivity index is 2.19. The highest BCUT2D eigenvalue weighted by Gasteiger charge is 2.28. The summed E-state index contributed by atoms with van der Waals surface area (Å²) in [6.45, 7) is 7.51. The fourth-order valence-corrected chi connectivity index (χ4v) is 2.70. The van der Waals surface area contributed by atoms with Crippen LogP contribution in [-0.4, -0.2) is 12.6 Å². The van der Waals surface area contributed by atoms with Crippen LogP contribution in [0.5, 0.6) is 5.75 Å². The third-order valence-corrected chi connectivity index (χ3v) is 3.51. The minimum Gasteiger partial charge on any atom is -0.490 e. The Morgan fingerprint density at radius 1 is 1.42 bits per heavy atom. The molecule has 2 atom stereocenters. The molecule has 0 aromatic heterocycles. The molecule has 0 radical (unpaired) electrons. The molecule has 106 valence electrons. The molecular formula is C16H24FNO. The van der Waals surface area contributed by atoms with E-state index in [0.29, 0.717) is 5.92 Å². The van der Waals surface area contributed by atoms with Crippen molar-refractivity contribution in [2.24, 2.45) is 5.92 Å². The van der Waals surface area contributed by atoms with Crippen LogP contribution in [0.4, 0.5) is 4.39 Å². The summed E-state index contributed by atoms with van der Waals surface area (Å²) in [5, 5.41) is 3.51. The van der Waals surface area contributed by atoms with Crippen molar-refractivity contribution in [3.63, 3.8) is 0 Å². The van der Waals surface area contributed by atoms with E-state index in [2.05, 4.69) is 26.1 Å². The van der Waals surface area contributed by atoms with Gasteiger partial charge in [-0.05, 0) is 43.5 Å². The Bertz CT molecular complexity index is 419. The summed E-state index contributed by atoms with van der Waals surface area (Å²) in [5.41, 5.74) is 0.966. The van der Waals surface area contributed by atoms with E-state index >= 15 is 0 Å². The lowest BCUT2D eigenvalue weighted by atomic mass is 9.92. The molecule has 1 aliphatic heterocycles. The van der Waals surface area contributed by atoms with Crippen LogP contribution < -0.4 is 10.1 Å². The van der Waals surface area contributed by atoms with E-state index in [0.717, 1.165) is 37.1 Å². The molecule has 3 heteroatoms. The van der Waals surface area contributed by atoms with Crippen molar-refractivity contribution in [2.75, 3.05) is 6.54 Å². The molecule has 1 aromatic carbocycles. The van der Waals surface area contributed by atoms with E-state index in [9.17, 15) is 4.39 Å². The van der Waals surface area contributed by atoms with Gasteiger partial charge in [-0.1, -0.05) is 20.8 Å². The molecule has 2 nitrogen and oxygen atoms in total. The number of ether oxygens (including phenoxy) is 1. The summed E-state index contributed by atoms with van der Waals surface area (Å²) >= 11 is 0. The van der Waals surface area contributed by atoms with Gasteiger partial charge in [0.1, 0.15) is 17.7 Å². The number of nitrogens with one attached hydrogen (secondary N) is 1. The number of hydrogen-bond donors (Lipinski definition) is 1. The van der Waals surface area contributed by atoms with Gasteiger partial charge in [0.25, 0.3) is 0 Å². The molecular weight excluding hydrogens is 241 g/mol. The summed E-state index contributed by atoms with van der Waals surface area (Å²) in [6.07, 6.45) is 3.28. The third-order valence-electron chi connectivity index (χ3n) is 3.51. The lowest BCUT2D eigenvalue weighted by Gasteiger charge is -2.33. The molecule has 1 aliphatic rings. The second-order valence-corrected chi connectivity index (χ2v) is 5.79. The van der Waals surface area contributed by atoms with Gasteiger partial charge < -0.3 is 10.1 Å². The molecule has 2 rings (SSSR count). The van der Waals surface area contributed by atoms with Crippen LogP contribution in [0.15, 0.2) is 18.2 Å². The monoisotopic (exact) mass is 265 g/mol. The van der Waals surface area contributed by atoms with Crippen molar-refractivity contribution in [1.29, 1.82) is 0 Å². The minimum atomic E-state index is -0.187. The number of benzene rings is 1. The Morgan fingerprint density at radius 3 is 2.89 bits per heavy atom. The van der Waals surface area contributed by atoms with Crippen LogP contribution in [0, 0.1) is 11.7 Å². The molecule has 0 spiro atoms. The van der Waals surface area contributed by atoms with Crippen molar-refractivity contribution >= 4 is 0 Å². The van der Waals surface area contributed by atoms with Gasteiger partial charge in [0.05, 0.1) is 0 Å². The van der Waals surface area contributed by atoms with Gasteiger partial charge in [-0.3, -0.25) is 0 Å². The summed E-state index contributed by atoms with van der Waals surface area (Å²) in [5.74, 6) is 1.26. The maximum Gasteiger partial charge on any atom is 0.124 e. The lowest BCUT2D eigenvalue weighted by molar-refractivity contribution is 0.128. The van der Waals surface area contributed by atoms with Crippen LogP contribution in [0.2, 0.25) is 0 Å². The average Bonchev–Trinajstić information content (AvgIpc) is 2.35. The highest BCUT2D eigenvalue weighted by atomic mass is 19.1. The van der Waals surface area contributed by atoms with Crippen LogP contribution >= 0.6 is 0 Å². The SMILES string of the molecule is CCCNC1CC(CC(C)C)Oc2ccc(F)cc21. The normalized spacial score (nSPS) is 22.2. The van der Waals surface area contributed by atoms with Gasteiger partial charge in [-0.15, -0.1) is 0 Å². The zero-order valence-electron chi connectivity index (χ0n) is 12.1. The first-order valence-corrected chi connectivity index (χ1v) is 7.29. The quantitative estimate of drug-likeness (QED) is 0.866. The van der Waals surface area contributed by atoms with E-state index in [4.69, 9.17) is 4.74 Å². The van der Waals surface area contributed by atoms with Gasteiger partial charge >= 0.3 is 0 Å². The predicted octanol–water partition coefficient (Wildman–Crippen LogP) is 4.06. The molecule has 0 bridgehead atoms. The molecule has 2 unspecified atom stereocenters. The third kappa shape index (κ3) is 3.69. The second-order valence-electron chi connectivity index (χ2n) is 5.79. The van der Waals surface area contributed by atoms with Gasteiger partial charge in [-0.25, -0.2) is 4.39 Å². The molecule has 1 N–H and O–H groups in total. The fourth-order valence-electron chi connectivity index (χ4n) is 2.70. The zero-order valence-corrected chi connectivity index (χ0v) is 12.1. The second kappa shape index (κ2) is 6.38. The summed E-state index contributed by atoms with van der Waals surface area (Å²) in [4.78, 5) is 0. The summed E-state index contributed by atoms with van der Waals surface area (Å²) < 4.78 is 19.4. The zero-order chi connectivity index (χ0) is 13.8. The molecule has 0 saturated heterocycles. The number of fused-ring (bicyclic) bond motifs is 1. The molecule has 0 aliphatic carbocycles. The van der Waals surface area contributed by atoms with Gasteiger partial charge in [0.2, 0.25) is 0 Å². The fraction of sp³-hybridized carbons (Fsp3) is 0.625. The van der Waals surface area contributed by atoms with Crippen LogP contribution in [0.1, 0.15) is 51.6 Å². The predicted molar refractivity (Wildman–Crippen MR) is 75.9 cm³/mol. The van der Waals surface area contributed by atoms with Crippen molar-refractivity contribution < 1.29 is 9.13 Å². The number of halogens is 1. The largest absolute Gasteiger partial charge is 0.490 e. The van der Waals surface area contributed by atoms with Gasteiger partial charge in [0.15, 0.2) is 0 Å². The van der Waals surface area contributed by atoms with E-state index < -0.39 is 0 Å². The smallest absolute Gasteiger partial charge is 0.124 e. The minimum absolute atomic E-state index is 0.187. The number of hydrogen-bond acceptors (Lipinski definition) is 2. The maximum atomic E-state index is 13.4. The van der Waals surface area contributed by atoms with Crippen molar-refractivity contribution in [3.8, 4) is 5.75 Å². The van der Waals surface area contributed by atoms with Crippen LogP contribution in [0.3, 0.4) is 0 Å². The molecule has 1 heterocycles. The average molecular weight is 265 g/mol. The first-order chi connectivity index (χ1) is 9.10. The van der Waals surface area contributed by atoms with Gasteiger partial charge in [0, 0.05) is 18.0 Å². The Morgan fingerprint density at radius 2 is 2.21 bits per heavy atom. The highest BCUT2D eigenvalue weighted by Crippen LogP contribution is 2.36. The first kappa shape index (κ1) is 14.3. The topological polar surface area (TPSA) is 21.3 Å². The molecule has 0 amide bonds. The van der Waals surface area contributed by atoms with Crippen molar-refractivity contribution in [2.45, 2.75) is 52.2 Å². The summed E-state index contributed by atoms with van der Waals surface area (Å²) in [6, 6.07) is 5.06. The van der Waals surface area contributed by atoms with E-state index in [1.54, 1.807) is 12.1 Å². The van der Waals surface area contributed by atoms with Gasteiger partial charge in [-0.2, -0.15) is 0 Å². The van der Waals surface area contributed by atoms with E-state index in [-0.39, 0.29) is 18.0 Å². The Labute approximate surface area is 115 Å². The number of rotatable bonds is 5. The highest BCUT2D eigenvalue weighted by molar-refractivity contribution is 5.38. The van der Waals surface area contributed by atoms with E-state index in [1.165, 1.54) is 6.07 Å². The Kier molecular flexibility index (Phi) is 4.81.